The fourth-order valence-electron chi connectivity index (χ4n) is 1.90. The molecule has 1 atom stereocenters. The third kappa shape index (κ3) is 2.20. The Balaban J connectivity index is 2.42. The molecule has 1 aliphatic rings. The minimum Gasteiger partial charge on any atom is -0.0781 e. The van der Waals surface area contributed by atoms with Gasteiger partial charge in [0.05, 0.1) is 5.54 Å². The van der Waals surface area contributed by atoms with Gasteiger partial charge in [-0.3, -0.25) is 0 Å². The SMILES string of the molecule is [N-]=[N+]=NC1=CCC(N=[N+]=[N-])(c2ccccc2)C=C1. The first-order valence-electron chi connectivity index (χ1n) is 5.37. The predicted octanol–water partition coefficient (Wildman–Crippen LogP) is 4.35. The van der Waals surface area contributed by atoms with Crippen molar-refractivity contribution in [2.75, 3.05) is 0 Å². The van der Waals surface area contributed by atoms with Gasteiger partial charge >= 0.3 is 0 Å². The topological polar surface area (TPSA) is 97.5 Å². The predicted molar refractivity (Wildman–Crippen MR) is 68.3 cm³/mol. The van der Waals surface area contributed by atoms with E-state index in [0.29, 0.717) is 12.1 Å². The highest BCUT2D eigenvalue weighted by atomic mass is 15.2. The summed E-state index contributed by atoms with van der Waals surface area (Å²) < 4.78 is 0. The summed E-state index contributed by atoms with van der Waals surface area (Å²) >= 11 is 0. The molecule has 0 aromatic heterocycles. The zero-order valence-corrected chi connectivity index (χ0v) is 9.51. The Bertz CT molecular complexity index is 590. The zero-order valence-electron chi connectivity index (χ0n) is 9.51. The number of benzene rings is 1. The molecule has 2 rings (SSSR count). The third-order valence-corrected chi connectivity index (χ3v) is 2.81. The number of rotatable bonds is 3. The first-order chi connectivity index (χ1) is 8.80. The van der Waals surface area contributed by atoms with Crippen LogP contribution < -0.4 is 0 Å². The van der Waals surface area contributed by atoms with Crippen LogP contribution in [-0.2, 0) is 5.54 Å². The highest BCUT2D eigenvalue weighted by Crippen LogP contribution is 2.35. The smallest absolute Gasteiger partial charge is 0.0781 e. The molecule has 6 heteroatoms. The maximum atomic E-state index is 8.74. The summed E-state index contributed by atoms with van der Waals surface area (Å²) in [5.41, 5.74) is 17.8. The number of nitrogens with zero attached hydrogens (tertiary/aromatic N) is 6. The van der Waals surface area contributed by atoms with E-state index in [1.165, 1.54) is 0 Å². The van der Waals surface area contributed by atoms with E-state index in [4.69, 9.17) is 11.1 Å². The van der Waals surface area contributed by atoms with Crippen molar-refractivity contribution in [1.82, 2.24) is 0 Å². The van der Waals surface area contributed by atoms with Crippen LogP contribution in [0.4, 0.5) is 0 Å². The molecule has 0 bridgehead atoms. The molecule has 0 spiro atoms. The van der Waals surface area contributed by atoms with E-state index in [2.05, 4.69) is 20.1 Å². The molecule has 1 aromatic carbocycles. The van der Waals surface area contributed by atoms with Gasteiger partial charge in [-0.1, -0.05) is 58.8 Å². The summed E-state index contributed by atoms with van der Waals surface area (Å²) in [5, 5.41) is 7.42. The van der Waals surface area contributed by atoms with E-state index < -0.39 is 5.54 Å². The molecule has 0 amide bonds. The molecule has 6 nitrogen and oxygen atoms in total. The van der Waals surface area contributed by atoms with Gasteiger partial charge in [0, 0.05) is 15.5 Å². The first-order valence-corrected chi connectivity index (χ1v) is 5.37. The van der Waals surface area contributed by atoms with E-state index in [1.807, 2.05) is 30.3 Å². The molecule has 1 aliphatic carbocycles. The van der Waals surface area contributed by atoms with E-state index in [-0.39, 0.29) is 0 Å². The summed E-state index contributed by atoms with van der Waals surface area (Å²) in [4.78, 5) is 5.65. The van der Waals surface area contributed by atoms with Crippen molar-refractivity contribution in [2.45, 2.75) is 12.0 Å². The highest BCUT2D eigenvalue weighted by Gasteiger charge is 2.28. The van der Waals surface area contributed by atoms with Gasteiger partial charge in [-0.05, 0) is 23.0 Å². The van der Waals surface area contributed by atoms with Crippen LogP contribution in [0, 0.1) is 0 Å². The third-order valence-electron chi connectivity index (χ3n) is 2.81. The Hall–Kier alpha value is -2.68. The van der Waals surface area contributed by atoms with E-state index >= 15 is 0 Å². The van der Waals surface area contributed by atoms with Crippen LogP contribution >= 0.6 is 0 Å². The molecule has 0 aliphatic heterocycles. The Morgan fingerprint density at radius 2 is 1.89 bits per heavy atom. The summed E-state index contributed by atoms with van der Waals surface area (Å²) in [7, 11) is 0. The fourth-order valence-corrected chi connectivity index (χ4v) is 1.90. The highest BCUT2D eigenvalue weighted by molar-refractivity contribution is 5.37. The van der Waals surface area contributed by atoms with Crippen molar-refractivity contribution in [3.05, 3.63) is 80.7 Å². The molecule has 0 heterocycles. The van der Waals surface area contributed by atoms with Crippen LogP contribution in [0.1, 0.15) is 12.0 Å². The first kappa shape index (κ1) is 11.8. The average molecular weight is 238 g/mol. The van der Waals surface area contributed by atoms with Crippen LogP contribution in [-0.4, -0.2) is 0 Å². The second-order valence-electron chi connectivity index (χ2n) is 3.84. The van der Waals surface area contributed by atoms with Crippen LogP contribution in [0.25, 0.3) is 20.9 Å². The van der Waals surface area contributed by atoms with Gasteiger partial charge in [0.2, 0.25) is 0 Å². The standard InChI is InChI=1S/C12H10N6/c13-17-15-11-6-8-12(9-7-11,16-18-14)10-4-2-1-3-5-10/h1-8H,9H2. The zero-order chi connectivity index (χ0) is 12.8. The van der Waals surface area contributed by atoms with E-state index in [0.717, 1.165) is 5.56 Å². The van der Waals surface area contributed by atoms with E-state index in [9.17, 15) is 0 Å². The Labute approximate surface area is 104 Å². The maximum Gasteiger partial charge on any atom is 0.0955 e. The largest absolute Gasteiger partial charge is 0.0955 e. The van der Waals surface area contributed by atoms with Crippen LogP contribution in [0.3, 0.4) is 0 Å². The number of hydrogen-bond acceptors (Lipinski definition) is 2. The van der Waals surface area contributed by atoms with Gasteiger partial charge in [0.15, 0.2) is 0 Å². The van der Waals surface area contributed by atoms with Crippen molar-refractivity contribution in [2.24, 2.45) is 10.2 Å². The van der Waals surface area contributed by atoms with Crippen molar-refractivity contribution in [3.63, 3.8) is 0 Å². The lowest BCUT2D eigenvalue weighted by Gasteiger charge is -2.27. The Kier molecular flexibility index (Phi) is 3.34. The van der Waals surface area contributed by atoms with Crippen LogP contribution in [0.15, 0.2) is 64.5 Å². The summed E-state index contributed by atoms with van der Waals surface area (Å²) in [6.07, 6.45) is 5.68. The molecular weight excluding hydrogens is 228 g/mol. The van der Waals surface area contributed by atoms with E-state index in [1.54, 1.807) is 18.2 Å². The number of azide groups is 2. The molecule has 88 valence electrons. The molecule has 0 fully saturated rings. The lowest BCUT2D eigenvalue weighted by Crippen LogP contribution is -2.21. The maximum absolute atomic E-state index is 8.74. The van der Waals surface area contributed by atoms with Gasteiger partial charge in [-0.2, -0.15) is 0 Å². The van der Waals surface area contributed by atoms with Gasteiger partial charge in [-0.25, -0.2) is 0 Å². The van der Waals surface area contributed by atoms with Crippen molar-refractivity contribution in [3.8, 4) is 0 Å². The van der Waals surface area contributed by atoms with Gasteiger partial charge in [0.25, 0.3) is 0 Å². The minimum atomic E-state index is -0.732. The second kappa shape index (κ2) is 5.10. The molecule has 0 N–H and O–H groups in total. The number of hydrogen-bond donors (Lipinski definition) is 0. The molecule has 0 radical (unpaired) electrons. The van der Waals surface area contributed by atoms with Crippen molar-refractivity contribution in [1.29, 1.82) is 0 Å². The second-order valence-corrected chi connectivity index (χ2v) is 3.84. The van der Waals surface area contributed by atoms with Gasteiger partial charge in [-0.15, -0.1) is 0 Å². The molecule has 1 unspecified atom stereocenters. The molecule has 0 saturated heterocycles. The summed E-state index contributed by atoms with van der Waals surface area (Å²) in [5.74, 6) is 0. The molecular formula is C12H10N6. The van der Waals surface area contributed by atoms with Crippen molar-refractivity contribution >= 4 is 0 Å². The van der Waals surface area contributed by atoms with Gasteiger partial charge in [0.1, 0.15) is 0 Å². The van der Waals surface area contributed by atoms with Crippen molar-refractivity contribution < 1.29 is 0 Å². The lowest BCUT2D eigenvalue weighted by atomic mass is 9.84. The lowest BCUT2D eigenvalue weighted by molar-refractivity contribution is 0.558. The fraction of sp³-hybridized carbons (Fsp3) is 0.167. The summed E-state index contributed by atoms with van der Waals surface area (Å²) in [6.45, 7) is 0. The Morgan fingerprint density at radius 1 is 1.11 bits per heavy atom. The average Bonchev–Trinajstić information content (AvgIpc) is 2.43. The normalized spacial score (nSPS) is 21.4. The molecule has 1 aromatic rings. The van der Waals surface area contributed by atoms with Crippen LogP contribution in [0.2, 0.25) is 0 Å². The summed E-state index contributed by atoms with van der Waals surface area (Å²) in [6, 6.07) is 9.51. The molecule has 0 saturated carbocycles. The van der Waals surface area contributed by atoms with Crippen LogP contribution in [0.5, 0.6) is 0 Å². The minimum absolute atomic E-state index is 0.478. The molecule has 18 heavy (non-hydrogen) atoms. The number of allylic oxidation sites excluding steroid dienone is 1. The monoisotopic (exact) mass is 238 g/mol. The quantitative estimate of drug-likeness (QED) is 0.425. The van der Waals surface area contributed by atoms with Gasteiger partial charge < -0.3 is 0 Å². The Morgan fingerprint density at radius 3 is 2.44 bits per heavy atom.